The van der Waals surface area contributed by atoms with Gasteiger partial charge in [-0.25, -0.2) is 0 Å². The zero-order valence-electron chi connectivity index (χ0n) is 11.3. The first-order valence-corrected chi connectivity index (χ1v) is 6.84. The highest BCUT2D eigenvalue weighted by atomic mass is 19.4. The Bertz CT molecular complexity index is 335. The summed E-state index contributed by atoms with van der Waals surface area (Å²) in [6.45, 7) is 4.71. The highest BCUT2D eigenvalue weighted by Gasteiger charge is 2.41. The Hall–Kier alpha value is -0.780. The van der Waals surface area contributed by atoms with Crippen LogP contribution in [-0.4, -0.2) is 54.6 Å². The Morgan fingerprint density at radius 2 is 1.74 bits per heavy atom. The van der Waals surface area contributed by atoms with E-state index in [4.69, 9.17) is 0 Å². The van der Waals surface area contributed by atoms with Crippen molar-refractivity contribution in [3.63, 3.8) is 0 Å². The lowest BCUT2D eigenvalue weighted by atomic mass is 9.78. The number of amides is 1. The smallest absolute Gasteiger partial charge is 0.343 e. The number of likely N-dealkylation sites (tertiary alicyclic amines) is 2. The first-order chi connectivity index (χ1) is 8.80. The van der Waals surface area contributed by atoms with Gasteiger partial charge in [-0.2, -0.15) is 13.2 Å². The van der Waals surface area contributed by atoms with Gasteiger partial charge in [-0.15, -0.1) is 0 Å². The van der Waals surface area contributed by atoms with E-state index in [-0.39, 0.29) is 17.9 Å². The molecule has 2 aliphatic rings. The van der Waals surface area contributed by atoms with Crippen molar-refractivity contribution >= 4 is 5.91 Å². The molecular formula is C13H21F3N2O. The Kier molecular flexibility index (Phi) is 4.08. The average Bonchev–Trinajstić information content (AvgIpc) is 2.70. The SMILES string of the molecule is CC(=O)N1CCC2(CCN(CCC(F)(F)F)C2)CC1. The fourth-order valence-corrected chi connectivity index (χ4v) is 3.21. The molecule has 0 aromatic heterocycles. The van der Waals surface area contributed by atoms with E-state index >= 15 is 0 Å². The van der Waals surface area contributed by atoms with Crippen molar-refractivity contribution in [3.05, 3.63) is 0 Å². The fraction of sp³-hybridized carbons (Fsp3) is 0.923. The maximum atomic E-state index is 12.2. The molecule has 110 valence electrons. The molecule has 6 heteroatoms. The van der Waals surface area contributed by atoms with Crippen LogP contribution in [0.5, 0.6) is 0 Å². The van der Waals surface area contributed by atoms with E-state index < -0.39 is 12.6 Å². The van der Waals surface area contributed by atoms with E-state index in [1.165, 1.54) is 0 Å². The molecule has 3 nitrogen and oxygen atoms in total. The number of halogens is 3. The summed E-state index contributed by atoms with van der Waals surface area (Å²) in [6, 6.07) is 0. The van der Waals surface area contributed by atoms with Gasteiger partial charge in [-0.05, 0) is 31.2 Å². The van der Waals surface area contributed by atoms with E-state index in [2.05, 4.69) is 0 Å². The van der Waals surface area contributed by atoms with E-state index in [0.717, 1.165) is 45.4 Å². The largest absolute Gasteiger partial charge is 0.390 e. The minimum atomic E-state index is -4.06. The molecule has 2 rings (SSSR count). The van der Waals surface area contributed by atoms with Crippen LogP contribution in [0.2, 0.25) is 0 Å². The van der Waals surface area contributed by atoms with Gasteiger partial charge in [0.05, 0.1) is 6.42 Å². The molecule has 0 aliphatic carbocycles. The first-order valence-electron chi connectivity index (χ1n) is 6.84. The third-order valence-corrected chi connectivity index (χ3v) is 4.50. The summed E-state index contributed by atoms with van der Waals surface area (Å²) in [5.74, 6) is 0.0989. The lowest BCUT2D eigenvalue weighted by molar-refractivity contribution is -0.138. The summed E-state index contributed by atoms with van der Waals surface area (Å²) in [6.07, 6.45) is -1.96. The second kappa shape index (κ2) is 5.31. The molecule has 2 aliphatic heterocycles. The number of rotatable bonds is 2. The van der Waals surface area contributed by atoms with Crippen molar-refractivity contribution in [1.82, 2.24) is 9.80 Å². The number of carbonyl (C=O) groups excluding carboxylic acids is 1. The van der Waals surface area contributed by atoms with E-state index in [0.29, 0.717) is 0 Å². The van der Waals surface area contributed by atoms with Crippen molar-refractivity contribution in [3.8, 4) is 0 Å². The van der Waals surface area contributed by atoms with Crippen molar-refractivity contribution in [2.24, 2.45) is 5.41 Å². The van der Waals surface area contributed by atoms with Gasteiger partial charge >= 0.3 is 6.18 Å². The number of nitrogens with zero attached hydrogens (tertiary/aromatic N) is 2. The van der Waals surface area contributed by atoms with Gasteiger partial charge in [-0.1, -0.05) is 0 Å². The average molecular weight is 278 g/mol. The number of alkyl halides is 3. The van der Waals surface area contributed by atoms with Crippen molar-refractivity contribution < 1.29 is 18.0 Å². The quantitative estimate of drug-likeness (QED) is 0.773. The first kappa shape index (κ1) is 14.6. The van der Waals surface area contributed by atoms with Crippen molar-refractivity contribution in [1.29, 1.82) is 0 Å². The molecule has 0 atom stereocenters. The van der Waals surface area contributed by atoms with Crippen LogP contribution in [0.15, 0.2) is 0 Å². The van der Waals surface area contributed by atoms with Crippen LogP contribution in [0, 0.1) is 5.41 Å². The molecule has 2 fully saturated rings. The van der Waals surface area contributed by atoms with Crippen LogP contribution < -0.4 is 0 Å². The van der Waals surface area contributed by atoms with Crippen molar-refractivity contribution in [2.45, 2.75) is 38.8 Å². The summed E-state index contributed by atoms with van der Waals surface area (Å²) >= 11 is 0. The highest BCUT2D eigenvalue weighted by molar-refractivity contribution is 5.73. The molecule has 2 saturated heterocycles. The van der Waals surface area contributed by atoms with Gasteiger partial charge < -0.3 is 9.80 Å². The number of carbonyl (C=O) groups is 1. The minimum Gasteiger partial charge on any atom is -0.343 e. The minimum absolute atomic E-state index is 0.0989. The van der Waals surface area contributed by atoms with Gasteiger partial charge in [0.1, 0.15) is 0 Å². The topological polar surface area (TPSA) is 23.6 Å². The summed E-state index contributed by atoms with van der Waals surface area (Å²) < 4.78 is 36.6. The molecule has 0 aromatic carbocycles. The van der Waals surface area contributed by atoms with Gasteiger partial charge in [0, 0.05) is 33.1 Å². The van der Waals surface area contributed by atoms with E-state index in [1.54, 1.807) is 6.92 Å². The van der Waals surface area contributed by atoms with Crippen LogP contribution in [0.3, 0.4) is 0 Å². The fourth-order valence-electron chi connectivity index (χ4n) is 3.21. The third-order valence-electron chi connectivity index (χ3n) is 4.50. The predicted molar refractivity (Wildman–Crippen MR) is 65.7 cm³/mol. The molecule has 0 bridgehead atoms. The zero-order chi connectivity index (χ0) is 14.1. The van der Waals surface area contributed by atoms with Crippen LogP contribution in [0.4, 0.5) is 13.2 Å². The monoisotopic (exact) mass is 278 g/mol. The molecule has 0 radical (unpaired) electrons. The highest BCUT2D eigenvalue weighted by Crippen LogP contribution is 2.40. The predicted octanol–water partition coefficient (Wildman–Crippen LogP) is 2.27. The standard InChI is InChI=1S/C13H21F3N2O/c1-11(19)18-8-3-12(4-9-18)2-6-17(10-12)7-5-13(14,15)16/h2-10H2,1H3. The van der Waals surface area contributed by atoms with Crippen LogP contribution >= 0.6 is 0 Å². The van der Waals surface area contributed by atoms with Gasteiger partial charge in [0.25, 0.3) is 0 Å². The lowest BCUT2D eigenvalue weighted by Crippen LogP contribution is -2.43. The molecule has 2 heterocycles. The molecule has 0 saturated carbocycles. The van der Waals surface area contributed by atoms with Crippen LogP contribution in [0.25, 0.3) is 0 Å². The summed E-state index contributed by atoms with van der Waals surface area (Å²) in [5.41, 5.74) is 0.150. The summed E-state index contributed by atoms with van der Waals surface area (Å²) in [5, 5.41) is 0. The Balaban J connectivity index is 1.80. The Labute approximate surface area is 111 Å². The molecule has 1 amide bonds. The maximum absolute atomic E-state index is 12.2. The lowest BCUT2D eigenvalue weighted by Gasteiger charge is -2.39. The molecule has 0 unspecified atom stereocenters. The van der Waals surface area contributed by atoms with Gasteiger partial charge in [0.15, 0.2) is 0 Å². The third kappa shape index (κ3) is 3.84. The Morgan fingerprint density at radius 1 is 1.16 bits per heavy atom. The molecule has 19 heavy (non-hydrogen) atoms. The van der Waals surface area contributed by atoms with Crippen molar-refractivity contribution in [2.75, 3.05) is 32.7 Å². The molecular weight excluding hydrogens is 257 g/mol. The second-order valence-electron chi connectivity index (χ2n) is 5.90. The summed E-state index contributed by atoms with van der Waals surface area (Å²) in [4.78, 5) is 15.0. The molecule has 0 aromatic rings. The second-order valence-corrected chi connectivity index (χ2v) is 5.90. The number of piperidine rings is 1. The maximum Gasteiger partial charge on any atom is 0.390 e. The molecule has 0 N–H and O–H groups in total. The van der Waals surface area contributed by atoms with Crippen LogP contribution in [-0.2, 0) is 4.79 Å². The van der Waals surface area contributed by atoms with E-state index in [1.807, 2.05) is 9.80 Å². The number of hydrogen-bond acceptors (Lipinski definition) is 2. The normalized spacial score (nSPS) is 24.1. The van der Waals surface area contributed by atoms with Gasteiger partial charge in [0.2, 0.25) is 5.91 Å². The molecule has 1 spiro atoms. The van der Waals surface area contributed by atoms with Crippen LogP contribution in [0.1, 0.15) is 32.6 Å². The Morgan fingerprint density at radius 3 is 2.26 bits per heavy atom. The summed E-state index contributed by atoms with van der Waals surface area (Å²) in [7, 11) is 0. The van der Waals surface area contributed by atoms with E-state index in [9.17, 15) is 18.0 Å². The zero-order valence-corrected chi connectivity index (χ0v) is 11.3. The van der Waals surface area contributed by atoms with Gasteiger partial charge in [-0.3, -0.25) is 4.79 Å². The number of hydrogen-bond donors (Lipinski definition) is 0.